The Labute approximate surface area is 151 Å². The van der Waals surface area contributed by atoms with E-state index in [1.54, 1.807) is 24.3 Å². The summed E-state index contributed by atoms with van der Waals surface area (Å²) < 4.78 is 18.5. The van der Waals surface area contributed by atoms with Crippen LogP contribution < -0.4 is 21.1 Å². The maximum atomic E-state index is 12.9. The number of hydrogen-bond donors (Lipinski definition) is 3. The van der Waals surface area contributed by atoms with Gasteiger partial charge in [-0.15, -0.1) is 0 Å². The quantitative estimate of drug-likeness (QED) is 0.601. The van der Waals surface area contributed by atoms with E-state index in [0.717, 1.165) is 5.56 Å². The Balaban J connectivity index is 1.69. The number of nitrogens with two attached hydrogens (primary N) is 1. The molecule has 7 heteroatoms. The number of urea groups is 1. The molecule has 0 aliphatic rings. The van der Waals surface area contributed by atoms with Crippen LogP contribution in [0.25, 0.3) is 0 Å². The van der Waals surface area contributed by atoms with E-state index in [1.165, 1.54) is 12.1 Å². The molecular formula is C19H22FN3O3. The van der Waals surface area contributed by atoms with Gasteiger partial charge in [0.1, 0.15) is 17.3 Å². The molecule has 26 heavy (non-hydrogen) atoms. The van der Waals surface area contributed by atoms with Crippen molar-refractivity contribution in [3.8, 4) is 11.5 Å². The van der Waals surface area contributed by atoms with Crippen LogP contribution in [0.4, 0.5) is 9.18 Å². The molecular weight excluding hydrogens is 337 g/mol. The van der Waals surface area contributed by atoms with Gasteiger partial charge in [0.15, 0.2) is 0 Å². The van der Waals surface area contributed by atoms with E-state index in [-0.39, 0.29) is 11.7 Å². The van der Waals surface area contributed by atoms with Gasteiger partial charge >= 0.3 is 6.03 Å². The van der Waals surface area contributed by atoms with E-state index in [0.29, 0.717) is 43.9 Å². The molecule has 0 heterocycles. The van der Waals surface area contributed by atoms with Crippen molar-refractivity contribution in [1.29, 1.82) is 0 Å². The Bertz CT molecular complexity index is 718. The highest BCUT2D eigenvalue weighted by Crippen LogP contribution is 2.21. The molecule has 0 radical (unpaired) electrons. The smallest absolute Gasteiger partial charge is 0.312 e. The normalized spacial score (nSPS) is 10.2. The van der Waals surface area contributed by atoms with E-state index >= 15 is 0 Å². The molecule has 0 bridgehead atoms. The molecule has 0 atom stereocenters. The Morgan fingerprint density at radius 2 is 1.54 bits per heavy atom. The fourth-order valence-corrected chi connectivity index (χ4v) is 2.23. The first-order valence-corrected chi connectivity index (χ1v) is 8.35. The largest absolute Gasteiger partial charge is 0.457 e. The number of benzene rings is 2. The summed E-state index contributed by atoms with van der Waals surface area (Å²) in [4.78, 5) is 22.3. The molecule has 2 rings (SSSR count). The number of carbonyl (C=O) groups excluding carboxylic acids is 2. The average Bonchev–Trinajstić information content (AvgIpc) is 2.62. The number of ether oxygens (including phenoxy) is 1. The van der Waals surface area contributed by atoms with Gasteiger partial charge < -0.3 is 21.1 Å². The molecule has 0 aliphatic heterocycles. The zero-order chi connectivity index (χ0) is 18.8. The number of carbonyl (C=O) groups is 2. The van der Waals surface area contributed by atoms with Crippen molar-refractivity contribution in [3.63, 3.8) is 0 Å². The number of rotatable bonds is 9. The number of halogens is 1. The second kappa shape index (κ2) is 10.0. The SMILES string of the molecule is NC(=O)NCCCCC(=O)NCc1ccc(Oc2ccc(F)cc2)cc1. The van der Waals surface area contributed by atoms with Crippen LogP contribution in [-0.2, 0) is 11.3 Å². The third-order valence-electron chi connectivity index (χ3n) is 3.59. The molecule has 0 aliphatic carbocycles. The van der Waals surface area contributed by atoms with E-state index in [2.05, 4.69) is 10.6 Å². The first kappa shape index (κ1) is 19.2. The number of nitrogens with one attached hydrogen (secondary N) is 2. The minimum Gasteiger partial charge on any atom is -0.457 e. The Morgan fingerprint density at radius 3 is 2.15 bits per heavy atom. The monoisotopic (exact) mass is 359 g/mol. The topological polar surface area (TPSA) is 93.5 Å². The average molecular weight is 359 g/mol. The molecule has 6 nitrogen and oxygen atoms in total. The molecule has 0 saturated carbocycles. The number of unbranched alkanes of at least 4 members (excludes halogenated alkanes) is 1. The lowest BCUT2D eigenvalue weighted by Gasteiger charge is -2.08. The predicted molar refractivity (Wildman–Crippen MR) is 96.2 cm³/mol. The van der Waals surface area contributed by atoms with Gasteiger partial charge in [-0.2, -0.15) is 0 Å². The molecule has 0 fully saturated rings. The lowest BCUT2D eigenvalue weighted by molar-refractivity contribution is -0.121. The van der Waals surface area contributed by atoms with Gasteiger partial charge in [0.25, 0.3) is 0 Å². The highest BCUT2D eigenvalue weighted by molar-refractivity contribution is 5.75. The summed E-state index contributed by atoms with van der Waals surface area (Å²) in [5, 5.41) is 5.32. The molecule has 138 valence electrons. The van der Waals surface area contributed by atoms with E-state index in [1.807, 2.05) is 12.1 Å². The van der Waals surface area contributed by atoms with Crippen LogP contribution in [0.15, 0.2) is 48.5 Å². The van der Waals surface area contributed by atoms with Crippen molar-refractivity contribution in [3.05, 3.63) is 59.9 Å². The Morgan fingerprint density at radius 1 is 0.923 bits per heavy atom. The van der Waals surface area contributed by atoms with Crippen LogP contribution in [0.2, 0.25) is 0 Å². The predicted octanol–water partition coefficient (Wildman–Crippen LogP) is 3.07. The first-order valence-electron chi connectivity index (χ1n) is 8.35. The van der Waals surface area contributed by atoms with Gasteiger partial charge in [-0.1, -0.05) is 12.1 Å². The fraction of sp³-hybridized carbons (Fsp3) is 0.263. The van der Waals surface area contributed by atoms with E-state index < -0.39 is 6.03 Å². The summed E-state index contributed by atoms with van der Waals surface area (Å²) in [6.07, 6.45) is 1.77. The third-order valence-corrected chi connectivity index (χ3v) is 3.59. The van der Waals surface area contributed by atoms with Crippen LogP contribution in [0.3, 0.4) is 0 Å². The molecule has 2 aromatic rings. The minimum absolute atomic E-state index is 0.0456. The second-order valence-corrected chi connectivity index (χ2v) is 5.72. The number of primary amides is 1. The van der Waals surface area contributed by atoms with Gasteiger partial charge in [-0.25, -0.2) is 9.18 Å². The van der Waals surface area contributed by atoms with Crippen LogP contribution in [0, 0.1) is 5.82 Å². The molecule has 0 spiro atoms. The molecule has 4 N–H and O–H groups in total. The standard InChI is InChI=1S/C19H22FN3O3/c20-15-6-10-17(11-7-15)26-16-8-4-14(5-9-16)13-23-18(24)3-1-2-12-22-19(21)25/h4-11H,1-3,12-13H2,(H,23,24)(H3,21,22,25). The Kier molecular flexibility index (Phi) is 7.42. The highest BCUT2D eigenvalue weighted by Gasteiger charge is 2.03. The van der Waals surface area contributed by atoms with E-state index in [9.17, 15) is 14.0 Å². The summed E-state index contributed by atoms with van der Waals surface area (Å²) >= 11 is 0. The van der Waals surface area contributed by atoms with Crippen molar-refractivity contribution in [1.82, 2.24) is 10.6 Å². The lowest BCUT2D eigenvalue weighted by atomic mass is 10.2. The van der Waals surface area contributed by atoms with Crippen molar-refractivity contribution in [2.24, 2.45) is 5.73 Å². The van der Waals surface area contributed by atoms with Gasteiger partial charge in [0.2, 0.25) is 5.91 Å². The minimum atomic E-state index is -0.554. The van der Waals surface area contributed by atoms with Gasteiger partial charge in [-0.05, 0) is 54.8 Å². The van der Waals surface area contributed by atoms with Gasteiger partial charge in [0.05, 0.1) is 0 Å². The van der Waals surface area contributed by atoms with Crippen molar-refractivity contribution in [2.45, 2.75) is 25.8 Å². The third kappa shape index (κ3) is 7.21. The molecule has 2 aromatic carbocycles. The highest BCUT2D eigenvalue weighted by atomic mass is 19.1. The zero-order valence-corrected chi connectivity index (χ0v) is 14.3. The summed E-state index contributed by atoms with van der Waals surface area (Å²) in [5.41, 5.74) is 5.90. The summed E-state index contributed by atoms with van der Waals surface area (Å²) in [7, 11) is 0. The molecule has 0 aromatic heterocycles. The van der Waals surface area contributed by atoms with Crippen LogP contribution in [0.5, 0.6) is 11.5 Å². The fourth-order valence-electron chi connectivity index (χ4n) is 2.23. The molecule has 3 amide bonds. The number of amides is 3. The summed E-state index contributed by atoms with van der Waals surface area (Å²) in [5.74, 6) is 0.829. The first-order chi connectivity index (χ1) is 12.5. The van der Waals surface area contributed by atoms with Crippen LogP contribution >= 0.6 is 0 Å². The molecule has 0 unspecified atom stereocenters. The number of hydrogen-bond acceptors (Lipinski definition) is 3. The van der Waals surface area contributed by atoms with E-state index in [4.69, 9.17) is 10.5 Å². The van der Waals surface area contributed by atoms with Crippen LogP contribution in [0.1, 0.15) is 24.8 Å². The van der Waals surface area contributed by atoms with Gasteiger partial charge in [-0.3, -0.25) is 4.79 Å². The van der Waals surface area contributed by atoms with Gasteiger partial charge in [0, 0.05) is 19.5 Å². The maximum Gasteiger partial charge on any atom is 0.312 e. The summed E-state index contributed by atoms with van der Waals surface area (Å²) in [6, 6.07) is 12.5. The maximum absolute atomic E-state index is 12.9. The van der Waals surface area contributed by atoms with Crippen LogP contribution in [-0.4, -0.2) is 18.5 Å². The Hall–Kier alpha value is -3.09. The second-order valence-electron chi connectivity index (χ2n) is 5.72. The molecule has 0 saturated heterocycles. The van der Waals surface area contributed by atoms with Crippen molar-refractivity contribution < 1.29 is 18.7 Å². The zero-order valence-electron chi connectivity index (χ0n) is 14.3. The van der Waals surface area contributed by atoms with Crippen molar-refractivity contribution in [2.75, 3.05) is 6.54 Å². The lowest BCUT2D eigenvalue weighted by Crippen LogP contribution is -2.30. The van der Waals surface area contributed by atoms with Crippen molar-refractivity contribution >= 4 is 11.9 Å². The summed E-state index contributed by atoms with van der Waals surface area (Å²) in [6.45, 7) is 0.896.